The van der Waals surface area contributed by atoms with Crippen LogP contribution in [0, 0.1) is 10.1 Å². The molecule has 0 aliphatic heterocycles. The number of nitrogens with one attached hydrogen (secondary N) is 1. The average Bonchev–Trinajstić information content (AvgIpc) is 3.38. The van der Waals surface area contributed by atoms with E-state index in [4.69, 9.17) is 9.15 Å². The van der Waals surface area contributed by atoms with Crippen molar-refractivity contribution in [3.05, 3.63) is 64.8 Å². The topological polar surface area (TPSA) is 136 Å². The fourth-order valence-electron chi connectivity index (χ4n) is 3.43. The van der Waals surface area contributed by atoms with Crippen molar-refractivity contribution in [2.24, 2.45) is 0 Å². The van der Waals surface area contributed by atoms with Gasteiger partial charge in [0, 0.05) is 44.0 Å². The summed E-state index contributed by atoms with van der Waals surface area (Å²) in [7, 11) is 7.19. The molecule has 2 aromatic carbocycles. The Morgan fingerprint density at radius 3 is 2.50 bits per heavy atom. The molecule has 12 nitrogen and oxygen atoms in total. The second-order valence-corrected chi connectivity index (χ2v) is 8.19. The van der Waals surface area contributed by atoms with E-state index in [1.165, 1.54) is 19.4 Å². The summed E-state index contributed by atoms with van der Waals surface area (Å²) in [6.07, 6.45) is 1.53. The van der Waals surface area contributed by atoms with Gasteiger partial charge in [0.05, 0.1) is 17.7 Å². The van der Waals surface area contributed by atoms with Crippen molar-refractivity contribution in [3.63, 3.8) is 0 Å². The number of anilines is 3. The van der Waals surface area contributed by atoms with E-state index in [2.05, 4.69) is 25.5 Å². The van der Waals surface area contributed by atoms with Gasteiger partial charge in [0.25, 0.3) is 11.6 Å². The summed E-state index contributed by atoms with van der Waals surface area (Å²) in [5.74, 6) is 1.18. The van der Waals surface area contributed by atoms with Gasteiger partial charge in [-0.2, -0.15) is 0 Å². The zero-order valence-electron chi connectivity index (χ0n) is 20.4. The summed E-state index contributed by atoms with van der Waals surface area (Å²) in [6.45, 7) is 1.34. The molecule has 0 radical (unpaired) electrons. The molecule has 0 bridgehead atoms. The van der Waals surface area contributed by atoms with Crippen molar-refractivity contribution in [2.45, 2.75) is 0 Å². The fourth-order valence-corrected chi connectivity index (χ4v) is 3.43. The van der Waals surface area contributed by atoms with E-state index in [1.54, 1.807) is 19.2 Å². The quantitative estimate of drug-likeness (QED) is 0.256. The van der Waals surface area contributed by atoms with Crippen LogP contribution in [0.5, 0.6) is 5.75 Å². The van der Waals surface area contributed by atoms with E-state index >= 15 is 0 Å². The molecular formula is C24H26N8O4. The highest BCUT2D eigenvalue weighted by Gasteiger charge is 2.22. The largest absolute Gasteiger partial charge is 0.494 e. The van der Waals surface area contributed by atoms with E-state index in [-0.39, 0.29) is 17.5 Å². The molecule has 4 aromatic rings. The van der Waals surface area contributed by atoms with Gasteiger partial charge in [0.2, 0.25) is 11.8 Å². The third-order valence-electron chi connectivity index (χ3n) is 5.35. The van der Waals surface area contributed by atoms with Gasteiger partial charge in [-0.3, -0.25) is 10.1 Å². The van der Waals surface area contributed by atoms with Crippen LogP contribution in [-0.2, 0) is 0 Å². The predicted octanol–water partition coefficient (Wildman–Crippen LogP) is 3.85. The molecule has 0 atom stereocenters. The number of aromatic nitrogens is 4. The molecule has 4 rings (SSSR count). The minimum Gasteiger partial charge on any atom is -0.494 e. The van der Waals surface area contributed by atoms with Crippen LogP contribution in [0.3, 0.4) is 0 Å². The SMILES string of the molecule is COc1cc(N(C)CCN(C)C)c([N+](=O)[O-])cc1Nc1nccc(-c2nnc(-c3ccccc3)o2)n1. The van der Waals surface area contributed by atoms with Crippen LogP contribution in [0.15, 0.2) is 59.1 Å². The lowest BCUT2D eigenvalue weighted by molar-refractivity contribution is -0.384. The van der Waals surface area contributed by atoms with Gasteiger partial charge in [0.1, 0.15) is 17.1 Å². The van der Waals surface area contributed by atoms with E-state index < -0.39 is 4.92 Å². The second kappa shape index (κ2) is 10.8. The number of hydrogen-bond acceptors (Lipinski definition) is 11. The lowest BCUT2D eigenvalue weighted by atomic mass is 10.2. The molecule has 2 heterocycles. The molecule has 36 heavy (non-hydrogen) atoms. The summed E-state index contributed by atoms with van der Waals surface area (Å²) in [4.78, 5) is 23.9. The van der Waals surface area contributed by atoms with Crippen molar-refractivity contribution < 1.29 is 14.1 Å². The molecule has 0 unspecified atom stereocenters. The third kappa shape index (κ3) is 5.55. The third-order valence-corrected chi connectivity index (χ3v) is 5.35. The van der Waals surface area contributed by atoms with Crippen LogP contribution in [0.1, 0.15) is 0 Å². The first-order valence-electron chi connectivity index (χ1n) is 11.1. The maximum absolute atomic E-state index is 11.9. The van der Waals surface area contributed by atoms with Gasteiger partial charge in [-0.25, -0.2) is 9.97 Å². The van der Waals surface area contributed by atoms with E-state index in [0.717, 1.165) is 12.1 Å². The Labute approximate surface area is 207 Å². The van der Waals surface area contributed by atoms with Crippen molar-refractivity contribution in [1.82, 2.24) is 25.1 Å². The highest BCUT2D eigenvalue weighted by molar-refractivity contribution is 5.76. The maximum atomic E-state index is 11.9. The van der Waals surface area contributed by atoms with E-state index in [0.29, 0.717) is 35.3 Å². The summed E-state index contributed by atoms with van der Waals surface area (Å²) < 4.78 is 11.3. The minimum atomic E-state index is -0.424. The monoisotopic (exact) mass is 490 g/mol. The number of hydrogen-bond donors (Lipinski definition) is 1. The van der Waals surface area contributed by atoms with Crippen molar-refractivity contribution in [2.75, 3.05) is 51.6 Å². The molecule has 0 amide bonds. The summed E-state index contributed by atoms with van der Waals surface area (Å²) in [5, 5.41) is 23.1. The van der Waals surface area contributed by atoms with Gasteiger partial charge >= 0.3 is 0 Å². The van der Waals surface area contributed by atoms with Gasteiger partial charge in [-0.1, -0.05) is 18.2 Å². The summed E-state index contributed by atoms with van der Waals surface area (Å²) in [6, 6.07) is 14.1. The number of ether oxygens (including phenoxy) is 1. The minimum absolute atomic E-state index is 0.0693. The molecule has 0 fully saturated rings. The molecule has 0 aliphatic rings. The summed E-state index contributed by atoms with van der Waals surface area (Å²) in [5.41, 5.74) is 1.91. The zero-order valence-corrected chi connectivity index (χ0v) is 20.4. The van der Waals surface area contributed by atoms with Crippen LogP contribution < -0.4 is 15.0 Å². The van der Waals surface area contributed by atoms with Crippen molar-refractivity contribution in [3.8, 4) is 28.8 Å². The molecule has 12 heteroatoms. The van der Waals surface area contributed by atoms with Crippen LogP contribution in [-0.4, -0.2) is 71.3 Å². The Hall–Kier alpha value is -4.58. The Balaban J connectivity index is 1.62. The first-order valence-corrected chi connectivity index (χ1v) is 11.1. The molecule has 0 spiro atoms. The first-order chi connectivity index (χ1) is 17.4. The Bertz CT molecular complexity index is 1340. The summed E-state index contributed by atoms with van der Waals surface area (Å²) >= 11 is 0. The number of likely N-dealkylation sites (N-methyl/N-ethyl adjacent to an activating group) is 2. The number of rotatable bonds is 10. The second-order valence-electron chi connectivity index (χ2n) is 8.19. The van der Waals surface area contributed by atoms with Gasteiger partial charge < -0.3 is 24.3 Å². The number of benzene rings is 2. The highest BCUT2D eigenvalue weighted by atomic mass is 16.6. The highest BCUT2D eigenvalue weighted by Crippen LogP contribution is 2.39. The van der Waals surface area contributed by atoms with Gasteiger partial charge in [-0.15, -0.1) is 10.2 Å². The van der Waals surface area contributed by atoms with Gasteiger partial charge in [0.15, 0.2) is 0 Å². The molecule has 1 N–H and O–H groups in total. The normalized spacial score (nSPS) is 10.9. The molecule has 0 saturated carbocycles. The first kappa shape index (κ1) is 24.5. The average molecular weight is 491 g/mol. The number of nitrogens with zero attached hydrogens (tertiary/aromatic N) is 7. The lowest BCUT2D eigenvalue weighted by Gasteiger charge is -2.22. The standard InChI is InChI=1S/C24H26N8O4/c1-30(2)12-13-31(3)19-15-21(35-4)18(14-20(19)32(33)34)27-24-25-11-10-17(26-24)23-29-28-22(36-23)16-8-6-5-7-9-16/h5-11,14-15H,12-13H2,1-4H3,(H,25,26,27). The predicted molar refractivity (Wildman–Crippen MR) is 136 cm³/mol. The molecule has 0 saturated heterocycles. The molecular weight excluding hydrogens is 464 g/mol. The number of methoxy groups -OCH3 is 1. The van der Waals surface area contributed by atoms with Crippen molar-refractivity contribution >= 4 is 23.0 Å². The Kier molecular flexibility index (Phi) is 7.35. The lowest BCUT2D eigenvalue weighted by Crippen LogP contribution is -2.28. The fraction of sp³-hybridized carbons (Fsp3) is 0.250. The van der Waals surface area contributed by atoms with Crippen LogP contribution in [0.2, 0.25) is 0 Å². The Morgan fingerprint density at radius 1 is 1.06 bits per heavy atom. The zero-order chi connectivity index (χ0) is 25.7. The van der Waals surface area contributed by atoms with E-state index in [1.807, 2.05) is 54.2 Å². The smallest absolute Gasteiger partial charge is 0.294 e. The van der Waals surface area contributed by atoms with Crippen LogP contribution >= 0.6 is 0 Å². The van der Waals surface area contributed by atoms with Crippen LogP contribution in [0.4, 0.5) is 23.0 Å². The Morgan fingerprint density at radius 2 is 1.81 bits per heavy atom. The van der Waals surface area contributed by atoms with Crippen molar-refractivity contribution in [1.29, 1.82) is 0 Å². The van der Waals surface area contributed by atoms with Gasteiger partial charge in [-0.05, 0) is 32.3 Å². The molecule has 186 valence electrons. The van der Waals surface area contributed by atoms with Crippen LogP contribution in [0.25, 0.3) is 23.0 Å². The number of nitro groups is 1. The molecule has 0 aliphatic carbocycles. The number of nitro benzene ring substituents is 1. The van der Waals surface area contributed by atoms with E-state index in [9.17, 15) is 10.1 Å². The molecule has 2 aromatic heterocycles. The maximum Gasteiger partial charge on any atom is 0.294 e.